The molecule has 0 N–H and O–H groups in total. The van der Waals surface area contributed by atoms with Gasteiger partial charge in [-0.1, -0.05) is 36.4 Å². The van der Waals surface area contributed by atoms with E-state index in [2.05, 4.69) is 31.9 Å². The molecule has 5 rings (SSSR count). The first kappa shape index (κ1) is 23.3. The van der Waals surface area contributed by atoms with Crippen LogP contribution in [0.25, 0.3) is 0 Å². The van der Waals surface area contributed by atoms with Crippen LogP contribution in [0.4, 0.5) is 5.95 Å². The molecule has 0 aliphatic carbocycles. The van der Waals surface area contributed by atoms with E-state index < -0.39 is 6.10 Å². The second kappa shape index (κ2) is 10.8. The highest BCUT2D eigenvalue weighted by Gasteiger charge is 2.28. The van der Waals surface area contributed by atoms with Gasteiger partial charge in [0.1, 0.15) is 12.4 Å². The highest BCUT2D eigenvalue weighted by Crippen LogP contribution is 2.28. The monoisotopic (exact) mass is 473 g/mol. The summed E-state index contributed by atoms with van der Waals surface area (Å²) in [7, 11) is 1.58. The number of hydrogen-bond donors (Lipinski definition) is 0. The van der Waals surface area contributed by atoms with Crippen molar-refractivity contribution in [2.24, 2.45) is 0 Å². The molecule has 35 heavy (non-hydrogen) atoms. The van der Waals surface area contributed by atoms with E-state index in [0.717, 1.165) is 55.5 Å². The Morgan fingerprint density at radius 2 is 1.77 bits per heavy atom. The number of piperazine rings is 1. The van der Waals surface area contributed by atoms with Crippen molar-refractivity contribution in [3.63, 3.8) is 0 Å². The lowest BCUT2D eigenvalue weighted by Gasteiger charge is -2.34. The topological polar surface area (TPSA) is 71.0 Å². The van der Waals surface area contributed by atoms with E-state index in [4.69, 9.17) is 9.47 Å². The largest absolute Gasteiger partial charge is 0.491 e. The lowest BCUT2D eigenvalue weighted by Crippen LogP contribution is -2.46. The fourth-order valence-corrected chi connectivity index (χ4v) is 4.73. The zero-order valence-electron chi connectivity index (χ0n) is 20.0. The Morgan fingerprint density at radius 3 is 2.51 bits per heavy atom. The molecule has 1 amide bonds. The zero-order valence-corrected chi connectivity index (χ0v) is 20.0. The Labute approximate surface area is 206 Å². The quantitative estimate of drug-likeness (QED) is 0.545. The van der Waals surface area contributed by atoms with Crippen LogP contribution in [0.3, 0.4) is 0 Å². The van der Waals surface area contributed by atoms with Gasteiger partial charge >= 0.3 is 0 Å². The van der Waals surface area contributed by atoms with Crippen LogP contribution < -0.4 is 9.64 Å². The standard InChI is InChI=1S/C27H31N5O3/c1-34-25(22-6-3-2-4-7-22)26(33)32-16-17-35-24-9-8-21(18-23(24)20-32)19-30-12-14-31(15-13-30)27-28-10-5-11-29-27/h2-11,18,25H,12-17,19-20H2,1H3. The maximum Gasteiger partial charge on any atom is 0.256 e. The maximum absolute atomic E-state index is 13.4. The van der Waals surface area contributed by atoms with Gasteiger partial charge in [0.25, 0.3) is 5.91 Å². The number of hydrogen-bond acceptors (Lipinski definition) is 7. The summed E-state index contributed by atoms with van der Waals surface area (Å²) in [6.45, 7) is 6.05. The Balaban J connectivity index is 1.24. The number of fused-ring (bicyclic) bond motifs is 1. The lowest BCUT2D eigenvalue weighted by molar-refractivity contribution is -0.143. The van der Waals surface area contributed by atoms with Crippen LogP contribution in [-0.4, -0.2) is 72.1 Å². The average Bonchev–Trinajstić information content (AvgIpc) is 3.13. The van der Waals surface area contributed by atoms with E-state index in [1.807, 2.05) is 47.4 Å². The molecule has 1 atom stereocenters. The Morgan fingerprint density at radius 1 is 1.00 bits per heavy atom. The fraction of sp³-hybridized carbons (Fsp3) is 0.370. The van der Waals surface area contributed by atoms with Crippen molar-refractivity contribution in [1.29, 1.82) is 0 Å². The van der Waals surface area contributed by atoms with E-state index >= 15 is 0 Å². The number of carbonyl (C=O) groups excluding carboxylic acids is 1. The van der Waals surface area contributed by atoms with Gasteiger partial charge < -0.3 is 19.3 Å². The first-order valence-corrected chi connectivity index (χ1v) is 12.1. The Bertz CT molecular complexity index is 1120. The number of methoxy groups -OCH3 is 1. The molecule has 1 aromatic heterocycles. The summed E-state index contributed by atoms with van der Waals surface area (Å²) in [5.74, 6) is 1.60. The highest BCUT2D eigenvalue weighted by atomic mass is 16.5. The van der Waals surface area contributed by atoms with Crippen LogP contribution in [0.1, 0.15) is 22.8 Å². The predicted molar refractivity (Wildman–Crippen MR) is 133 cm³/mol. The van der Waals surface area contributed by atoms with E-state index in [1.54, 1.807) is 19.5 Å². The minimum Gasteiger partial charge on any atom is -0.491 e. The SMILES string of the molecule is COC(C(=O)N1CCOc2ccc(CN3CCN(c4ncccn4)CC3)cc2C1)c1ccccc1. The molecular weight excluding hydrogens is 442 g/mol. The normalized spacial score (nSPS) is 17.3. The second-order valence-electron chi connectivity index (χ2n) is 8.89. The molecule has 0 spiro atoms. The minimum atomic E-state index is -0.620. The summed E-state index contributed by atoms with van der Waals surface area (Å²) in [4.78, 5) is 28.6. The van der Waals surface area contributed by atoms with E-state index in [-0.39, 0.29) is 5.91 Å². The first-order chi connectivity index (χ1) is 17.2. The summed E-state index contributed by atoms with van der Waals surface area (Å²) in [5, 5.41) is 0. The zero-order chi connectivity index (χ0) is 24.0. The van der Waals surface area contributed by atoms with Crippen LogP contribution in [0, 0.1) is 0 Å². The van der Waals surface area contributed by atoms with Gasteiger partial charge in [0, 0.05) is 64.3 Å². The van der Waals surface area contributed by atoms with Crippen LogP contribution in [0.5, 0.6) is 5.75 Å². The number of amides is 1. The van der Waals surface area contributed by atoms with E-state index in [0.29, 0.717) is 19.7 Å². The molecule has 2 aliphatic rings. The maximum atomic E-state index is 13.4. The third-order valence-electron chi connectivity index (χ3n) is 6.59. The van der Waals surface area contributed by atoms with Gasteiger partial charge in [-0.15, -0.1) is 0 Å². The average molecular weight is 474 g/mol. The molecule has 0 radical (unpaired) electrons. The molecule has 3 aromatic rings. The molecule has 2 aromatic carbocycles. The van der Waals surface area contributed by atoms with Crippen molar-refractivity contribution in [2.45, 2.75) is 19.2 Å². The summed E-state index contributed by atoms with van der Waals surface area (Å²) in [6.07, 6.45) is 2.95. The summed E-state index contributed by atoms with van der Waals surface area (Å²) < 4.78 is 11.6. The molecule has 8 heteroatoms. The van der Waals surface area contributed by atoms with E-state index in [1.165, 1.54) is 5.56 Å². The minimum absolute atomic E-state index is 0.0418. The van der Waals surface area contributed by atoms with Crippen LogP contribution >= 0.6 is 0 Å². The second-order valence-corrected chi connectivity index (χ2v) is 8.89. The molecule has 1 fully saturated rings. The highest BCUT2D eigenvalue weighted by molar-refractivity contribution is 5.82. The van der Waals surface area contributed by atoms with Gasteiger partial charge in [0.15, 0.2) is 6.10 Å². The molecule has 0 saturated carbocycles. The molecule has 1 saturated heterocycles. The van der Waals surface area contributed by atoms with Crippen LogP contribution in [-0.2, 0) is 22.6 Å². The summed E-state index contributed by atoms with van der Waals surface area (Å²) in [6, 6.07) is 17.8. The van der Waals surface area contributed by atoms with Crippen molar-refractivity contribution >= 4 is 11.9 Å². The van der Waals surface area contributed by atoms with Gasteiger partial charge in [-0.25, -0.2) is 9.97 Å². The van der Waals surface area contributed by atoms with Crippen molar-refractivity contribution in [2.75, 3.05) is 51.3 Å². The van der Waals surface area contributed by atoms with E-state index in [9.17, 15) is 4.79 Å². The summed E-state index contributed by atoms with van der Waals surface area (Å²) in [5.41, 5.74) is 3.11. The summed E-state index contributed by atoms with van der Waals surface area (Å²) >= 11 is 0. The molecule has 3 heterocycles. The number of carbonyl (C=O) groups is 1. The van der Waals surface area contributed by atoms with Crippen LogP contribution in [0.2, 0.25) is 0 Å². The van der Waals surface area contributed by atoms with Gasteiger partial charge in [0.05, 0.1) is 6.54 Å². The predicted octanol–water partition coefficient (Wildman–Crippen LogP) is 2.91. The van der Waals surface area contributed by atoms with Crippen molar-refractivity contribution in [1.82, 2.24) is 19.8 Å². The number of aromatic nitrogens is 2. The molecular formula is C27H31N5O3. The third-order valence-corrected chi connectivity index (χ3v) is 6.59. The van der Waals surface area contributed by atoms with Gasteiger partial charge in [-0.05, 0) is 29.3 Å². The van der Waals surface area contributed by atoms with Gasteiger partial charge in [-0.2, -0.15) is 0 Å². The molecule has 0 bridgehead atoms. The van der Waals surface area contributed by atoms with Crippen molar-refractivity contribution in [3.8, 4) is 5.75 Å². The Hall–Kier alpha value is -3.49. The van der Waals surface area contributed by atoms with Gasteiger partial charge in [-0.3, -0.25) is 9.69 Å². The molecule has 2 aliphatic heterocycles. The molecule has 8 nitrogen and oxygen atoms in total. The third kappa shape index (κ3) is 5.44. The fourth-order valence-electron chi connectivity index (χ4n) is 4.73. The smallest absolute Gasteiger partial charge is 0.256 e. The first-order valence-electron chi connectivity index (χ1n) is 12.1. The lowest BCUT2D eigenvalue weighted by atomic mass is 10.1. The van der Waals surface area contributed by atoms with Crippen LogP contribution in [0.15, 0.2) is 67.0 Å². The molecule has 1 unspecified atom stereocenters. The molecule has 182 valence electrons. The van der Waals surface area contributed by atoms with Crippen molar-refractivity contribution < 1.29 is 14.3 Å². The van der Waals surface area contributed by atoms with Gasteiger partial charge in [0.2, 0.25) is 5.95 Å². The number of rotatable bonds is 6. The number of nitrogens with zero attached hydrogens (tertiary/aromatic N) is 5. The number of benzene rings is 2. The Kier molecular flexibility index (Phi) is 7.20. The number of anilines is 1. The van der Waals surface area contributed by atoms with Crippen molar-refractivity contribution in [3.05, 3.63) is 83.7 Å². The number of ether oxygens (including phenoxy) is 2.